The molecule has 2 atom stereocenters. The zero-order valence-electron chi connectivity index (χ0n) is 11.0. The van der Waals surface area contributed by atoms with E-state index in [1.165, 1.54) is 64.2 Å². The smallest absolute Gasteiger partial charge is 0.158 e. The first-order valence-electron chi connectivity index (χ1n) is 7.58. The van der Waals surface area contributed by atoms with Gasteiger partial charge in [-0.3, -0.25) is 4.79 Å². The van der Waals surface area contributed by atoms with Gasteiger partial charge in [-0.1, -0.05) is 51.0 Å². The quantitative estimate of drug-likeness (QED) is 0.595. The molecule has 1 nitrogen and oxygen atoms in total. The highest BCUT2D eigenvalue weighted by molar-refractivity contribution is 5.93. The van der Waals surface area contributed by atoms with Crippen LogP contribution in [0.25, 0.3) is 0 Å². The van der Waals surface area contributed by atoms with Crippen LogP contribution in [-0.4, -0.2) is 5.78 Å². The average Bonchev–Trinajstić information content (AvgIpc) is 3.08. The fourth-order valence-electron chi connectivity index (χ4n) is 2.97. The lowest BCUT2D eigenvalue weighted by atomic mass is 10.1. The minimum atomic E-state index is 0.399. The van der Waals surface area contributed by atoms with Crippen molar-refractivity contribution in [2.45, 2.75) is 70.6 Å². The fraction of sp³-hybridized carbons (Fsp3) is 0.812. The molecule has 96 valence electrons. The van der Waals surface area contributed by atoms with Gasteiger partial charge in [0.05, 0.1) is 0 Å². The Bertz CT molecular complexity index is 267. The van der Waals surface area contributed by atoms with Crippen LogP contribution in [0.4, 0.5) is 0 Å². The third kappa shape index (κ3) is 4.65. The molecule has 0 aromatic heterocycles. The summed E-state index contributed by atoms with van der Waals surface area (Å²) in [4.78, 5) is 11.8. The maximum absolute atomic E-state index is 11.8. The third-order valence-corrected chi connectivity index (χ3v) is 4.27. The second kappa shape index (κ2) is 6.98. The van der Waals surface area contributed by atoms with Crippen molar-refractivity contribution in [2.24, 2.45) is 11.8 Å². The SMILES string of the molecule is O=C1/C=C\CCCCCCCCCC[C@H]2C[C@@H]12. The summed E-state index contributed by atoms with van der Waals surface area (Å²) < 4.78 is 0. The van der Waals surface area contributed by atoms with Gasteiger partial charge in [0, 0.05) is 5.92 Å². The highest BCUT2D eigenvalue weighted by Crippen LogP contribution is 2.43. The lowest BCUT2D eigenvalue weighted by Crippen LogP contribution is -1.97. The van der Waals surface area contributed by atoms with Crippen molar-refractivity contribution >= 4 is 5.78 Å². The van der Waals surface area contributed by atoms with Crippen molar-refractivity contribution in [1.29, 1.82) is 0 Å². The molecule has 0 bridgehead atoms. The van der Waals surface area contributed by atoms with Gasteiger partial charge in [-0.25, -0.2) is 0 Å². The molecule has 0 aromatic carbocycles. The van der Waals surface area contributed by atoms with Gasteiger partial charge in [-0.15, -0.1) is 0 Å². The normalized spacial score (nSPS) is 34.2. The standard InChI is InChI=1S/C16H26O/c17-16-12-10-8-6-4-2-1-3-5-7-9-11-14-13-15(14)16/h10,12,14-15H,1-9,11,13H2/b12-10-/t14-,15+/m0/s1. The molecule has 0 amide bonds. The van der Waals surface area contributed by atoms with Crippen LogP contribution in [0.15, 0.2) is 12.2 Å². The van der Waals surface area contributed by atoms with E-state index in [9.17, 15) is 4.79 Å². The molecule has 2 aliphatic rings. The Balaban J connectivity index is 1.75. The predicted octanol–water partition coefficient (Wildman–Crippen LogP) is 4.66. The summed E-state index contributed by atoms with van der Waals surface area (Å²) in [5.41, 5.74) is 0. The molecular weight excluding hydrogens is 208 g/mol. The largest absolute Gasteiger partial charge is 0.295 e. The van der Waals surface area contributed by atoms with Crippen molar-refractivity contribution < 1.29 is 4.79 Å². The number of allylic oxidation sites excluding steroid dienone is 2. The molecule has 0 saturated heterocycles. The van der Waals surface area contributed by atoms with Gasteiger partial charge in [-0.05, 0) is 37.7 Å². The Morgan fingerprint density at radius 1 is 0.882 bits per heavy atom. The maximum Gasteiger partial charge on any atom is 0.158 e. The Kier molecular flexibility index (Phi) is 5.28. The molecule has 1 saturated carbocycles. The van der Waals surface area contributed by atoms with Crippen LogP contribution in [0.3, 0.4) is 0 Å². The van der Waals surface area contributed by atoms with E-state index in [2.05, 4.69) is 6.08 Å². The topological polar surface area (TPSA) is 17.1 Å². The minimum absolute atomic E-state index is 0.399. The van der Waals surface area contributed by atoms with E-state index in [0.29, 0.717) is 11.7 Å². The summed E-state index contributed by atoms with van der Waals surface area (Å²) in [5, 5.41) is 0. The summed E-state index contributed by atoms with van der Waals surface area (Å²) in [6, 6.07) is 0. The van der Waals surface area contributed by atoms with Gasteiger partial charge >= 0.3 is 0 Å². The number of ketones is 1. The van der Waals surface area contributed by atoms with Crippen LogP contribution in [-0.2, 0) is 4.79 Å². The van der Waals surface area contributed by atoms with Gasteiger partial charge in [0.2, 0.25) is 0 Å². The molecule has 0 heterocycles. The highest BCUT2D eigenvalue weighted by atomic mass is 16.1. The lowest BCUT2D eigenvalue weighted by molar-refractivity contribution is -0.116. The van der Waals surface area contributed by atoms with Crippen LogP contribution in [0.1, 0.15) is 70.6 Å². The zero-order chi connectivity index (χ0) is 11.9. The van der Waals surface area contributed by atoms with Crippen molar-refractivity contribution in [3.05, 3.63) is 12.2 Å². The van der Waals surface area contributed by atoms with Gasteiger partial charge in [0.25, 0.3) is 0 Å². The molecule has 0 unspecified atom stereocenters. The first kappa shape index (κ1) is 12.9. The third-order valence-electron chi connectivity index (χ3n) is 4.27. The number of carbonyl (C=O) groups excluding carboxylic acids is 1. The van der Waals surface area contributed by atoms with Gasteiger partial charge in [0.15, 0.2) is 5.78 Å². The number of rotatable bonds is 0. The monoisotopic (exact) mass is 234 g/mol. The molecule has 1 heteroatoms. The molecular formula is C16H26O. The van der Waals surface area contributed by atoms with E-state index >= 15 is 0 Å². The first-order chi connectivity index (χ1) is 8.38. The number of carbonyl (C=O) groups is 1. The second-order valence-corrected chi connectivity index (χ2v) is 5.81. The Labute approximate surface area is 106 Å². The van der Waals surface area contributed by atoms with Crippen molar-refractivity contribution in [3.63, 3.8) is 0 Å². The van der Waals surface area contributed by atoms with Gasteiger partial charge < -0.3 is 0 Å². The highest BCUT2D eigenvalue weighted by Gasteiger charge is 2.40. The molecule has 0 aromatic rings. The van der Waals surface area contributed by atoms with E-state index in [-0.39, 0.29) is 0 Å². The second-order valence-electron chi connectivity index (χ2n) is 5.81. The van der Waals surface area contributed by atoms with Crippen LogP contribution in [0, 0.1) is 11.8 Å². The number of hydrogen-bond acceptors (Lipinski definition) is 1. The van der Waals surface area contributed by atoms with Crippen molar-refractivity contribution in [1.82, 2.24) is 0 Å². The number of hydrogen-bond donors (Lipinski definition) is 0. The molecule has 17 heavy (non-hydrogen) atoms. The van der Waals surface area contributed by atoms with E-state index in [4.69, 9.17) is 0 Å². The van der Waals surface area contributed by atoms with Crippen molar-refractivity contribution in [3.8, 4) is 0 Å². The predicted molar refractivity (Wildman–Crippen MR) is 71.9 cm³/mol. The van der Waals surface area contributed by atoms with Crippen molar-refractivity contribution in [2.75, 3.05) is 0 Å². The molecule has 0 spiro atoms. The zero-order valence-corrected chi connectivity index (χ0v) is 11.0. The molecule has 2 rings (SSSR count). The molecule has 2 aliphatic carbocycles. The van der Waals surface area contributed by atoms with E-state index in [1.54, 1.807) is 0 Å². The Hall–Kier alpha value is -0.590. The first-order valence-corrected chi connectivity index (χ1v) is 7.58. The average molecular weight is 234 g/mol. The molecule has 1 fully saturated rings. The summed E-state index contributed by atoms with van der Waals surface area (Å²) in [7, 11) is 0. The van der Waals surface area contributed by atoms with Crippen LogP contribution >= 0.6 is 0 Å². The Morgan fingerprint density at radius 3 is 2.29 bits per heavy atom. The van der Waals surface area contributed by atoms with Crippen LogP contribution < -0.4 is 0 Å². The van der Waals surface area contributed by atoms with Crippen LogP contribution in [0.5, 0.6) is 0 Å². The fourth-order valence-corrected chi connectivity index (χ4v) is 2.97. The summed E-state index contributed by atoms with van der Waals surface area (Å²) in [5.74, 6) is 1.54. The van der Waals surface area contributed by atoms with Crippen LogP contribution in [0.2, 0.25) is 0 Å². The summed E-state index contributed by atoms with van der Waals surface area (Å²) in [6.07, 6.45) is 18.5. The summed E-state index contributed by atoms with van der Waals surface area (Å²) in [6.45, 7) is 0. The van der Waals surface area contributed by atoms with Gasteiger partial charge in [-0.2, -0.15) is 0 Å². The van der Waals surface area contributed by atoms with Gasteiger partial charge in [0.1, 0.15) is 0 Å². The summed E-state index contributed by atoms with van der Waals surface area (Å²) >= 11 is 0. The number of fused-ring (bicyclic) bond motifs is 1. The lowest BCUT2D eigenvalue weighted by Gasteiger charge is -2.01. The molecule has 0 aliphatic heterocycles. The molecule has 0 radical (unpaired) electrons. The Morgan fingerprint density at radius 2 is 1.53 bits per heavy atom. The minimum Gasteiger partial charge on any atom is -0.295 e. The van der Waals surface area contributed by atoms with E-state index in [1.807, 2.05) is 6.08 Å². The van der Waals surface area contributed by atoms with E-state index < -0.39 is 0 Å². The maximum atomic E-state index is 11.8. The van der Waals surface area contributed by atoms with E-state index in [0.717, 1.165) is 12.3 Å². The molecule has 0 N–H and O–H groups in total.